The lowest BCUT2D eigenvalue weighted by atomic mass is 9.98. The molecule has 0 spiro atoms. The molecule has 1 atom stereocenters. The van der Waals surface area contributed by atoms with Crippen LogP contribution in [0.25, 0.3) is 0 Å². The summed E-state index contributed by atoms with van der Waals surface area (Å²) in [5, 5.41) is 16.1. The van der Waals surface area contributed by atoms with Gasteiger partial charge in [0.25, 0.3) is 0 Å². The van der Waals surface area contributed by atoms with Crippen molar-refractivity contribution in [1.82, 2.24) is 4.90 Å². The molecule has 1 fully saturated rings. The Hall–Kier alpha value is -1.83. The normalized spacial score (nSPS) is 17.0. The van der Waals surface area contributed by atoms with Crippen LogP contribution < -0.4 is 0 Å². The molecule has 1 aromatic rings. The van der Waals surface area contributed by atoms with Gasteiger partial charge in [0.05, 0.1) is 12.5 Å². The summed E-state index contributed by atoms with van der Waals surface area (Å²) in [6, 6.07) is 5.54. The molecule has 9 heteroatoms. The number of carboxylic acid groups (broad SMARTS) is 2. The maximum atomic E-state index is 11.8. The molecule has 1 heterocycles. The van der Waals surface area contributed by atoms with Crippen molar-refractivity contribution >= 4 is 41.1 Å². The van der Waals surface area contributed by atoms with Crippen LogP contribution in [0.1, 0.15) is 25.3 Å². The smallest absolute Gasteiger partial charge is 0.414 e. The number of piperidine rings is 1. The fourth-order valence-corrected chi connectivity index (χ4v) is 3.01. The molecular formula is C17H21Cl2NO6. The first kappa shape index (κ1) is 22.2. The van der Waals surface area contributed by atoms with Crippen LogP contribution in [0.5, 0.6) is 0 Å². The maximum absolute atomic E-state index is 11.8. The van der Waals surface area contributed by atoms with Gasteiger partial charge in [0.15, 0.2) is 0 Å². The van der Waals surface area contributed by atoms with Crippen LogP contribution in [-0.4, -0.2) is 52.7 Å². The van der Waals surface area contributed by atoms with Crippen molar-refractivity contribution in [3.63, 3.8) is 0 Å². The highest BCUT2D eigenvalue weighted by molar-refractivity contribution is 6.35. The zero-order valence-electron chi connectivity index (χ0n) is 14.3. The summed E-state index contributed by atoms with van der Waals surface area (Å²) < 4.78 is 5.11. The van der Waals surface area contributed by atoms with Crippen molar-refractivity contribution in [3.05, 3.63) is 33.8 Å². The first-order chi connectivity index (χ1) is 12.2. The van der Waals surface area contributed by atoms with E-state index >= 15 is 0 Å². The summed E-state index contributed by atoms with van der Waals surface area (Å²) in [6.07, 6.45) is 1.92. The van der Waals surface area contributed by atoms with Crippen molar-refractivity contribution in [3.8, 4) is 0 Å². The fourth-order valence-electron chi connectivity index (χ4n) is 2.54. The Balaban J connectivity index is 0.000000487. The summed E-state index contributed by atoms with van der Waals surface area (Å²) in [5.74, 6) is -3.75. The molecule has 1 aromatic carbocycles. The Bertz CT molecular complexity index is 640. The van der Waals surface area contributed by atoms with Crippen LogP contribution in [0, 0.1) is 5.92 Å². The summed E-state index contributed by atoms with van der Waals surface area (Å²) in [7, 11) is 0. The van der Waals surface area contributed by atoms with Crippen molar-refractivity contribution in [1.29, 1.82) is 0 Å². The minimum Gasteiger partial charge on any atom is -0.473 e. The van der Waals surface area contributed by atoms with Crippen LogP contribution in [-0.2, 0) is 25.7 Å². The predicted octanol–water partition coefficient (Wildman–Crippen LogP) is 2.92. The van der Waals surface area contributed by atoms with Gasteiger partial charge in [-0.25, -0.2) is 9.59 Å². The lowest BCUT2D eigenvalue weighted by Gasteiger charge is -2.31. The van der Waals surface area contributed by atoms with E-state index in [-0.39, 0.29) is 11.9 Å². The Kier molecular flexibility index (Phi) is 9.40. The van der Waals surface area contributed by atoms with Crippen molar-refractivity contribution in [2.24, 2.45) is 5.92 Å². The Morgan fingerprint density at radius 3 is 2.42 bits per heavy atom. The van der Waals surface area contributed by atoms with Crippen LogP contribution >= 0.6 is 23.2 Å². The number of esters is 1. The van der Waals surface area contributed by atoms with Gasteiger partial charge in [-0.2, -0.15) is 0 Å². The summed E-state index contributed by atoms with van der Waals surface area (Å²) in [6.45, 7) is 4.74. The molecule has 144 valence electrons. The van der Waals surface area contributed by atoms with Crippen LogP contribution in [0.4, 0.5) is 0 Å². The number of ether oxygens (including phenoxy) is 1. The molecule has 0 saturated carbocycles. The van der Waals surface area contributed by atoms with Gasteiger partial charge in [-0.05, 0) is 44.0 Å². The molecule has 0 radical (unpaired) electrons. The summed E-state index contributed by atoms with van der Waals surface area (Å²) in [5.41, 5.74) is 1.04. The van der Waals surface area contributed by atoms with E-state index in [9.17, 15) is 4.79 Å². The van der Waals surface area contributed by atoms with E-state index < -0.39 is 11.9 Å². The molecule has 1 aliphatic heterocycles. The van der Waals surface area contributed by atoms with E-state index in [1.54, 1.807) is 6.07 Å². The number of benzene rings is 1. The standard InChI is InChI=1S/C15H19Cl2NO2.C2H2O4/c1-2-20-15(19)12-4-3-7-18(10-12)9-11-5-6-13(16)8-14(11)17;3-1(4)2(5)6/h5-6,8,12H,2-4,7,9-10H2,1H3;(H,3,4)(H,5,6). The van der Waals surface area contributed by atoms with Crippen LogP contribution in [0.3, 0.4) is 0 Å². The molecule has 0 amide bonds. The van der Waals surface area contributed by atoms with E-state index in [2.05, 4.69) is 4.90 Å². The molecule has 7 nitrogen and oxygen atoms in total. The van der Waals surface area contributed by atoms with E-state index in [4.69, 9.17) is 47.7 Å². The zero-order valence-corrected chi connectivity index (χ0v) is 15.8. The van der Waals surface area contributed by atoms with Gasteiger partial charge in [-0.3, -0.25) is 9.69 Å². The second kappa shape index (κ2) is 11.0. The number of carboxylic acids is 2. The van der Waals surface area contributed by atoms with Crippen LogP contribution in [0.15, 0.2) is 18.2 Å². The third-order valence-electron chi connectivity index (χ3n) is 3.72. The van der Waals surface area contributed by atoms with Gasteiger partial charge in [-0.1, -0.05) is 29.3 Å². The summed E-state index contributed by atoms with van der Waals surface area (Å²) >= 11 is 12.1. The van der Waals surface area contributed by atoms with Crippen molar-refractivity contribution in [2.75, 3.05) is 19.7 Å². The third-order valence-corrected chi connectivity index (χ3v) is 4.30. The van der Waals surface area contributed by atoms with E-state index in [0.29, 0.717) is 16.7 Å². The monoisotopic (exact) mass is 405 g/mol. The molecule has 1 saturated heterocycles. The van der Waals surface area contributed by atoms with Gasteiger partial charge < -0.3 is 14.9 Å². The molecule has 0 aromatic heterocycles. The van der Waals surface area contributed by atoms with Gasteiger partial charge in [0.1, 0.15) is 0 Å². The SMILES string of the molecule is CCOC(=O)C1CCCN(Cc2ccc(Cl)cc2Cl)C1.O=C(O)C(=O)O. The van der Waals surface area contributed by atoms with Gasteiger partial charge in [0, 0.05) is 23.1 Å². The molecule has 2 N–H and O–H groups in total. The first-order valence-corrected chi connectivity index (χ1v) is 8.79. The molecule has 0 bridgehead atoms. The number of hydrogen-bond donors (Lipinski definition) is 2. The Labute approximate surface area is 161 Å². The molecular weight excluding hydrogens is 385 g/mol. The van der Waals surface area contributed by atoms with Gasteiger partial charge in [0.2, 0.25) is 0 Å². The molecule has 0 aliphatic carbocycles. The number of carbonyl (C=O) groups excluding carboxylic acids is 1. The van der Waals surface area contributed by atoms with Crippen molar-refractivity contribution in [2.45, 2.75) is 26.3 Å². The topological polar surface area (TPSA) is 104 Å². The van der Waals surface area contributed by atoms with E-state index in [1.165, 1.54) is 0 Å². The third kappa shape index (κ3) is 7.59. The highest BCUT2D eigenvalue weighted by Crippen LogP contribution is 2.25. The minimum atomic E-state index is -1.82. The number of rotatable bonds is 4. The lowest BCUT2D eigenvalue weighted by Crippen LogP contribution is -2.38. The predicted molar refractivity (Wildman–Crippen MR) is 96.4 cm³/mol. The number of carbonyl (C=O) groups is 3. The number of nitrogens with zero attached hydrogens (tertiary/aromatic N) is 1. The largest absolute Gasteiger partial charge is 0.473 e. The zero-order chi connectivity index (χ0) is 19.7. The van der Waals surface area contributed by atoms with Crippen molar-refractivity contribution < 1.29 is 29.3 Å². The average molecular weight is 406 g/mol. The average Bonchev–Trinajstić information content (AvgIpc) is 2.58. The highest BCUT2D eigenvalue weighted by atomic mass is 35.5. The second-order valence-electron chi connectivity index (χ2n) is 5.67. The second-order valence-corrected chi connectivity index (χ2v) is 6.52. The number of halogens is 2. The lowest BCUT2D eigenvalue weighted by molar-refractivity contribution is -0.159. The fraction of sp³-hybridized carbons (Fsp3) is 0.471. The van der Waals surface area contributed by atoms with E-state index in [0.717, 1.165) is 38.0 Å². The molecule has 2 rings (SSSR count). The Morgan fingerprint density at radius 1 is 1.23 bits per heavy atom. The van der Waals surface area contributed by atoms with Gasteiger partial charge >= 0.3 is 17.9 Å². The number of aliphatic carboxylic acids is 2. The first-order valence-electron chi connectivity index (χ1n) is 8.03. The molecule has 1 unspecified atom stereocenters. The highest BCUT2D eigenvalue weighted by Gasteiger charge is 2.27. The number of hydrogen-bond acceptors (Lipinski definition) is 5. The summed E-state index contributed by atoms with van der Waals surface area (Å²) in [4.78, 5) is 32.3. The molecule has 26 heavy (non-hydrogen) atoms. The number of likely N-dealkylation sites (tertiary alicyclic amines) is 1. The molecule has 1 aliphatic rings. The quantitative estimate of drug-likeness (QED) is 0.585. The van der Waals surface area contributed by atoms with Crippen LogP contribution in [0.2, 0.25) is 10.0 Å². The van der Waals surface area contributed by atoms with E-state index in [1.807, 2.05) is 19.1 Å². The maximum Gasteiger partial charge on any atom is 0.414 e. The van der Waals surface area contributed by atoms with Gasteiger partial charge in [-0.15, -0.1) is 0 Å². The minimum absolute atomic E-state index is 0.0187. The Morgan fingerprint density at radius 2 is 1.88 bits per heavy atom.